The van der Waals surface area contributed by atoms with Gasteiger partial charge in [-0.05, 0) is 57.2 Å². The van der Waals surface area contributed by atoms with Gasteiger partial charge in [-0.15, -0.1) is 0 Å². The number of aryl methyl sites for hydroxylation is 2. The molecule has 0 amide bonds. The van der Waals surface area contributed by atoms with Gasteiger partial charge in [-0.1, -0.05) is 18.2 Å². The van der Waals surface area contributed by atoms with Crippen LogP contribution >= 0.6 is 0 Å². The van der Waals surface area contributed by atoms with Crippen LogP contribution in [0.1, 0.15) is 33.0 Å². The fourth-order valence-corrected chi connectivity index (χ4v) is 3.42. The van der Waals surface area contributed by atoms with E-state index < -0.39 is 5.97 Å². The fourth-order valence-electron chi connectivity index (χ4n) is 3.42. The molecule has 0 aliphatic carbocycles. The number of para-hydroxylation sites is 1. The summed E-state index contributed by atoms with van der Waals surface area (Å²) in [5, 5.41) is 16.6. The number of nitrogens with zero attached hydrogens (tertiary/aromatic N) is 4. The summed E-state index contributed by atoms with van der Waals surface area (Å²) < 4.78 is 3.20. The van der Waals surface area contributed by atoms with Gasteiger partial charge < -0.3 is 5.11 Å². The molecular formula is C23H21N5O3. The maximum atomic E-state index is 12.9. The lowest BCUT2D eigenvalue weighted by molar-refractivity contribution is 0.0697. The highest BCUT2D eigenvalue weighted by Crippen LogP contribution is 2.25. The Kier molecular flexibility index (Phi) is 5.12. The Morgan fingerprint density at radius 3 is 2.35 bits per heavy atom. The number of nitrogens with one attached hydrogen (secondary N) is 1. The molecule has 4 rings (SSSR count). The van der Waals surface area contributed by atoms with Gasteiger partial charge >= 0.3 is 5.97 Å². The number of carbonyl (C=O) groups is 1. The summed E-state index contributed by atoms with van der Waals surface area (Å²) in [5.74, 6) is -1.02. The normalized spacial score (nSPS) is 11.3. The van der Waals surface area contributed by atoms with Crippen molar-refractivity contribution in [2.45, 2.75) is 20.8 Å². The van der Waals surface area contributed by atoms with E-state index in [1.165, 1.54) is 16.8 Å². The molecule has 0 fully saturated rings. The standard InChI is InChI=1S/C23H21N5O3/c1-14-20(22(29)28(25-14)19-11-9-17(10-12-19)23(30)31)13-24-21-15(2)26-27(16(21)3)18-7-5-4-6-8-18/h4-13,25H,1-3H3,(H,30,31). The molecule has 2 heterocycles. The summed E-state index contributed by atoms with van der Waals surface area (Å²) in [7, 11) is 0. The van der Waals surface area contributed by atoms with Gasteiger partial charge in [-0.3, -0.25) is 14.9 Å². The second-order valence-electron chi connectivity index (χ2n) is 7.17. The molecule has 0 spiro atoms. The van der Waals surface area contributed by atoms with Gasteiger partial charge in [0.1, 0.15) is 5.69 Å². The minimum absolute atomic E-state index is 0.156. The van der Waals surface area contributed by atoms with Crippen LogP contribution in [-0.2, 0) is 0 Å². The van der Waals surface area contributed by atoms with E-state index in [4.69, 9.17) is 5.11 Å². The molecular weight excluding hydrogens is 394 g/mol. The SMILES string of the molecule is Cc1nn(-c2ccccc2)c(C)c1N=Cc1c(C)[nH]n(-c2ccc(C(=O)O)cc2)c1=O. The lowest BCUT2D eigenvalue weighted by Crippen LogP contribution is -2.17. The number of rotatable bonds is 5. The topological polar surface area (TPSA) is 105 Å². The second kappa shape index (κ2) is 7.91. The molecule has 0 saturated carbocycles. The number of carboxylic acid groups (broad SMARTS) is 1. The molecule has 0 atom stereocenters. The first-order valence-electron chi connectivity index (χ1n) is 9.68. The number of benzene rings is 2. The lowest BCUT2D eigenvalue weighted by Gasteiger charge is -2.03. The summed E-state index contributed by atoms with van der Waals surface area (Å²) in [6, 6.07) is 15.9. The summed E-state index contributed by atoms with van der Waals surface area (Å²) in [6.45, 7) is 5.61. The summed E-state index contributed by atoms with van der Waals surface area (Å²) >= 11 is 0. The van der Waals surface area contributed by atoms with Crippen molar-refractivity contribution < 1.29 is 9.90 Å². The average molecular weight is 415 g/mol. The van der Waals surface area contributed by atoms with Gasteiger partial charge in [-0.2, -0.15) is 5.10 Å². The maximum absolute atomic E-state index is 12.9. The van der Waals surface area contributed by atoms with Crippen LogP contribution in [0, 0.1) is 20.8 Å². The van der Waals surface area contributed by atoms with Crippen LogP contribution in [0.4, 0.5) is 5.69 Å². The molecule has 4 aromatic rings. The maximum Gasteiger partial charge on any atom is 0.335 e. The van der Waals surface area contributed by atoms with Crippen molar-refractivity contribution in [3.8, 4) is 11.4 Å². The quantitative estimate of drug-likeness (QED) is 0.485. The number of aliphatic imine (C=N–C) groups is 1. The van der Waals surface area contributed by atoms with Gasteiger partial charge in [0.05, 0.1) is 33.9 Å². The molecule has 2 aromatic carbocycles. The first kappa shape index (κ1) is 20.1. The van der Waals surface area contributed by atoms with E-state index in [-0.39, 0.29) is 11.1 Å². The Bertz CT molecular complexity index is 1340. The molecule has 31 heavy (non-hydrogen) atoms. The predicted molar refractivity (Wildman–Crippen MR) is 118 cm³/mol. The van der Waals surface area contributed by atoms with Crippen molar-refractivity contribution in [2.24, 2.45) is 4.99 Å². The summed E-state index contributed by atoms with van der Waals surface area (Å²) in [5.41, 5.74) is 4.79. The smallest absolute Gasteiger partial charge is 0.335 e. The summed E-state index contributed by atoms with van der Waals surface area (Å²) in [6.07, 6.45) is 1.54. The predicted octanol–water partition coefficient (Wildman–Crippen LogP) is 3.73. The van der Waals surface area contributed by atoms with Gasteiger partial charge in [-0.25, -0.2) is 14.2 Å². The minimum atomic E-state index is -1.02. The third-order valence-electron chi connectivity index (χ3n) is 5.07. The van der Waals surface area contributed by atoms with E-state index >= 15 is 0 Å². The molecule has 0 aliphatic rings. The van der Waals surface area contributed by atoms with Crippen molar-refractivity contribution in [1.29, 1.82) is 0 Å². The van der Waals surface area contributed by atoms with E-state index in [1.807, 2.05) is 48.9 Å². The van der Waals surface area contributed by atoms with E-state index in [9.17, 15) is 9.59 Å². The Morgan fingerprint density at radius 2 is 1.71 bits per heavy atom. The third-order valence-corrected chi connectivity index (χ3v) is 5.07. The zero-order valence-electron chi connectivity index (χ0n) is 17.3. The van der Waals surface area contributed by atoms with Gasteiger partial charge in [0, 0.05) is 11.9 Å². The molecule has 8 heteroatoms. The fraction of sp³-hybridized carbons (Fsp3) is 0.130. The van der Waals surface area contributed by atoms with Crippen molar-refractivity contribution >= 4 is 17.9 Å². The Hall–Kier alpha value is -4.20. The second-order valence-corrected chi connectivity index (χ2v) is 7.17. The molecule has 0 saturated heterocycles. The molecule has 0 bridgehead atoms. The number of H-pyrrole nitrogens is 1. The van der Waals surface area contributed by atoms with Crippen LogP contribution in [0.2, 0.25) is 0 Å². The first-order chi connectivity index (χ1) is 14.9. The largest absolute Gasteiger partial charge is 0.478 e. The number of aromatic nitrogens is 4. The zero-order chi connectivity index (χ0) is 22.1. The molecule has 0 radical (unpaired) electrons. The number of hydrogen-bond acceptors (Lipinski definition) is 4. The van der Waals surface area contributed by atoms with Crippen LogP contribution < -0.4 is 5.56 Å². The number of carboxylic acids is 1. The number of aromatic amines is 1. The van der Waals surface area contributed by atoms with Crippen LogP contribution in [0.25, 0.3) is 11.4 Å². The highest BCUT2D eigenvalue weighted by atomic mass is 16.4. The number of hydrogen-bond donors (Lipinski definition) is 2. The molecule has 2 N–H and O–H groups in total. The van der Waals surface area contributed by atoms with Crippen LogP contribution in [-0.4, -0.2) is 36.9 Å². The zero-order valence-corrected chi connectivity index (χ0v) is 17.3. The van der Waals surface area contributed by atoms with Crippen LogP contribution in [0.15, 0.2) is 64.4 Å². The molecule has 156 valence electrons. The van der Waals surface area contributed by atoms with Gasteiger partial charge in [0.2, 0.25) is 0 Å². The van der Waals surface area contributed by atoms with Crippen LogP contribution in [0.3, 0.4) is 0 Å². The molecule has 0 aliphatic heterocycles. The Labute approximate surface area is 178 Å². The van der Waals surface area contributed by atoms with E-state index in [2.05, 4.69) is 15.2 Å². The van der Waals surface area contributed by atoms with Crippen molar-refractivity contribution in [1.82, 2.24) is 19.6 Å². The highest BCUT2D eigenvalue weighted by molar-refractivity contribution is 5.87. The Morgan fingerprint density at radius 1 is 1.03 bits per heavy atom. The van der Waals surface area contributed by atoms with E-state index in [0.717, 1.165) is 17.1 Å². The van der Waals surface area contributed by atoms with Gasteiger partial charge in [0.15, 0.2) is 0 Å². The average Bonchev–Trinajstić information content (AvgIpc) is 3.22. The molecule has 0 unspecified atom stereocenters. The highest BCUT2D eigenvalue weighted by Gasteiger charge is 2.14. The van der Waals surface area contributed by atoms with Crippen molar-refractivity contribution in [3.63, 3.8) is 0 Å². The minimum Gasteiger partial charge on any atom is -0.478 e. The first-order valence-corrected chi connectivity index (χ1v) is 9.68. The van der Waals surface area contributed by atoms with Gasteiger partial charge in [0.25, 0.3) is 5.56 Å². The van der Waals surface area contributed by atoms with Crippen LogP contribution in [0.5, 0.6) is 0 Å². The van der Waals surface area contributed by atoms with E-state index in [1.54, 1.807) is 25.3 Å². The lowest BCUT2D eigenvalue weighted by atomic mass is 10.2. The Balaban J connectivity index is 1.69. The van der Waals surface area contributed by atoms with Crippen molar-refractivity contribution in [3.05, 3.63) is 93.2 Å². The summed E-state index contributed by atoms with van der Waals surface area (Å²) in [4.78, 5) is 28.5. The number of aromatic carboxylic acids is 1. The monoisotopic (exact) mass is 415 g/mol. The van der Waals surface area contributed by atoms with Crippen molar-refractivity contribution in [2.75, 3.05) is 0 Å². The third kappa shape index (κ3) is 3.71. The van der Waals surface area contributed by atoms with E-state index in [0.29, 0.717) is 22.6 Å². The molecule has 8 nitrogen and oxygen atoms in total. The molecule has 2 aromatic heterocycles.